The Hall–Kier alpha value is -0.230. The number of alkyl halides is 1. The van der Waals surface area contributed by atoms with Gasteiger partial charge in [0.2, 0.25) is 0 Å². The number of ether oxygens (including phenoxy) is 1. The van der Waals surface area contributed by atoms with Gasteiger partial charge in [0, 0.05) is 6.61 Å². The van der Waals surface area contributed by atoms with Gasteiger partial charge in [-0.15, -0.1) is 0 Å². The summed E-state index contributed by atoms with van der Waals surface area (Å²) < 4.78 is 17.7. The van der Waals surface area contributed by atoms with Crippen LogP contribution in [-0.4, -0.2) is 41.4 Å². The minimum absolute atomic E-state index is 0.131. The highest BCUT2D eigenvalue weighted by Crippen LogP contribution is 2.23. The van der Waals surface area contributed by atoms with Crippen molar-refractivity contribution in [1.29, 1.82) is 0 Å². The molecule has 0 spiro atoms. The molecule has 1 rings (SSSR count). The Bertz CT molecular complexity index is 144. The molecule has 1 saturated heterocycles. The maximum Gasteiger partial charge on any atom is 0.172 e. The number of aliphatic hydroxyl groups excluding tert-OH is 1. The van der Waals surface area contributed by atoms with E-state index in [2.05, 4.69) is 0 Å². The molecule has 0 radical (unpaired) electrons. The van der Waals surface area contributed by atoms with Crippen LogP contribution < -0.4 is 5.73 Å². The van der Waals surface area contributed by atoms with Crippen LogP contribution in [0.3, 0.4) is 0 Å². The Labute approximate surface area is 63.8 Å². The molecule has 0 aromatic carbocycles. The summed E-state index contributed by atoms with van der Waals surface area (Å²) in [4.78, 5) is 0. The third-order valence-electron chi connectivity index (χ3n) is 2.01. The van der Waals surface area contributed by atoms with Crippen molar-refractivity contribution in [3.05, 3.63) is 0 Å². The van der Waals surface area contributed by atoms with Crippen LogP contribution in [0.25, 0.3) is 0 Å². The summed E-state index contributed by atoms with van der Waals surface area (Å²) in [7, 11) is 0. The predicted molar refractivity (Wildman–Crippen MR) is 35.5 cm³/mol. The van der Waals surface area contributed by atoms with Crippen LogP contribution in [0.1, 0.15) is 6.42 Å². The Kier molecular flexibility index (Phi) is 2.43. The summed E-state index contributed by atoms with van der Waals surface area (Å²) in [6.07, 6.45) is -3.19. The normalized spacial score (nSPS) is 39.5. The van der Waals surface area contributed by atoms with E-state index >= 15 is 0 Å². The van der Waals surface area contributed by atoms with Crippen LogP contribution in [0.15, 0.2) is 0 Å². The van der Waals surface area contributed by atoms with E-state index in [0.29, 0.717) is 0 Å². The summed E-state index contributed by atoms with van der Waals surface area (Å²) in [6, 6.07) is 0. The zero-order valence-electron chi connectivity index (χ0n) is 6.03. The zero-order valence-corrected chi connectivity index (χ0v) is 6.03. The number of aliphatic hydroxyl groups is 2. The van der Waals surface area contributed by atoms with E-state index in [1.807, 2.05) is 0 Å². The number of hydrogen-bond donors (Lipinski definition) is 3. The Balaban J connectivity index is 2.64. The van der Waals surface area contributed by atoms with Crippen molar-refractivity contribution >= 4 is 0 Å². The second-order valence-corrected chi connectivity index (χ2v) is 2.78. The van der Waals surface area contributed by atoms with Gasteiger partial charge in [-0.2, -0.15) is 0 Å². The van der Waals surface area contributed by atoms with E-state index < -0.39 is 18.0 Å². The molecule has 4 N–H and O–H groups in total. The third-order valence-corrected chi connectivity index (χ3v) is 2.01. The van der Waals surface area contributed by atoms with Gasteiger partial charge in [0.05, 0.1) is 6.61 Å². The smallest absolute Gasteiger partial charge is 0.172 e. The third kappa shape index (κ3) is 1.51. The molecule has 0 bridgehead atoms. The summed E-state index contributed by atoms with van der Waals surface area (Å²) >= 11 is 0. The molecule has 11 heavy (non-hydrogen) atoms. The molecule has 0 saturated carbocycles. The molecular formula is C6H12FNO3. The maximum absolute atomic E-state index is 12.9. The first-order valence-electron chi connectivity index (χ1n) is 3.44. The topological polar surface area (TPSA) is 75.7 Å². The molecule has 1 heterocycles. The van der Waals surface area contributed by atoms with E-state index in [1.54, 1.807) is 0 Å². The second kappa shape index (κ2) is 3.02. The SMILES string of the molecule is N[C@@]1(C(O)O)CCOC[C@@H]1F. The van der Waals surface area contributed by atoms with Crippen molar-refractivity contribution in [3.8, 4) is 0 Å². The van der Waals surface area contributed by atoms with Gasteiger partial charge in [0.1, 0.15) is 11.7 Å². The Morgan fingerprint density at radius 2 is 2.27 bits per heavy atom. The minimum Gasteiger partial charge on any atom is -0.378 e. The molecule has 0 aromatic rings. The second-order valence-electron chi connectivity index (χ2n) is 2.78. The van der Waals surface area contributed by atoms with Gasteiger partial charge in [-0.3, -0.25) is 0 Å². The highest BCUT2D eigenvalue weighted by molar-refractivity contribution is 4.95. The first-order chi connectivity index (χ1) is 5.07. The van der Waals surface area contributed by atoms with E-state index in [0.717, 1.165) is 0 Å². The molecular weight excluding hydrogens is 153 g/mol. The molecule has 0 unspecified atom stereocenters. The van der Waals surface area contributed by atoms with Crippen molar-refractivity contribution in [1.82, 2.24) is 0 Å². The highest BCUT2D eigenvalue weighted by atomic mass is 19.1. The Morgan fingerprint density at radius 3 is 2.64 bits per heavy atom. The molecule has 66 valence electrons. The number of hydrogen-bond acceptors (Lipinski definition) is 4. The summed E-state index contributed by atoms with van der Waals surface area (Å²) in [5.41, 5.74) is 3.85. The van der Waals surface area contributed by atoms with Gasteiger partial charge in [-0.05, 0) is 6.42 Å². The number of rotatable bonds is 1. The zero-order chi connectivity index (χ0) is 8.48. The lowest BCUT2D eigenvalue weighted by Gasteiger charge is -2.37. The van der Waals surface area contributed by atoms with Crippen molar-refractivity contribution in [2.45, 2.75) is 24.4 Å². The van der Waals surface area contributed by atoms with Crippen LogP contribution in [0, 0.1) is 0 Å². The fourth-order valence-electron chi connectivity index (χ4n) is 1.04. The largest absolute Gasteiger partial charge is 0.378 e. The van der Waals surface area contributed by atoms with Crippen molar-refractivity contribution in [2.24, 2.45) is 5.73 Å². The fourth-order valence-corrected chi connectivity index (χ4v) is 1.04. The lowest BCUT2D eigenvalue weighted by Crippen LogP contribution is -2.62. The lowest BCUT2D eigenvalue weighted by molar-refractivity contribution is -0.153. The van der Waals surface area contributed by atoms with Gasteiger partial charge >= 0.3 is 0 Å². The van der Waals surface area contributed by atoms with Gasteiger partial charge < -0.3 is 20.7 Å². The highest BCUT2D eigenvalue weighted by Gasteiger charge is 2.43. The molecule has 5 heteroatoms. The standard InChI is InChI=1S/C6H12FNO3/c7-4-3-11-2-1-6(4,8)5(9)10/h4-5,9-10H,1-3,8H2/t4-,6-/m0/s1. The van der Waals surface area contributed by atoms with Gasteiger partial charge in [0.25, 0.3) is 0 Å². The minimum atomic E-state index is -1.82. The first kappa shape index (κ1) is 8.86. The van der Waals surface area contributed by atoms with E-state index in [1.165, 1.54) is 0 Å². The van der Waals surface area contributed by atoms with Crippen LogP contribution in [0.2, 0.25) is 0 Å². The number of halogens is 1. The molecule has 1 aliphatic heterocycles. The van der Waals surface area contributed by atoms with Crippen LogP contribution >= 0.6 is 0 Å². The molecule has 0 aromatic heterocycles. The summed E-state index contributed by atoms with van der Waals surface area (Å²) in [5, 5.41) is 17.5. The summed E-state index contributed by atoms with van der Waals surface area (Å²) in [6.45, 7) is 0.114. The van der Waals surface area contributed by atoms with Crippen molar-refractivity contribution in [3.63, 3.8) is 0 Å². The molecule has 1 aliphatic rings. The molecule has 1 fully saturated rings. The quantitative estimate of drug-likeness (QED) is 0.424. The average Bonchev–Trinajstić information content (AvgIpc) is 1.95. The molecule has 2 atom stereocenters. The maximum atomic E-state index is 12.9. The van der Waals surface area contributed by atoms with Gasteiger partial charge in [-0.1, -0.05) is 0 Å². The van der Waals surface area contributed by atoms with Crippen molar-refractivity contribution < 1.29 is 19.3 Å². The number of nitrogens with two attached hydrogens (primary N) is 1. The molecule has 0 amide bonds. The molecule has 0 aliphatic carbocycles. The van der Waals surface area contributed by atoms with E-state index in [-0.39, 0.29) is 19.6 Å². The van der Waals surface area contributed by atoms with E-state index in [9.17, 15) is 4.39 Å². The average molecular weight is 165 g/mol. The van der Waals surface area contributed by atoms with Gasteiger partial charge in [-0.25, -0.2) is 4.39 Å². The Morgan fingerprint density at radius 1 is 1.64 bits per heavy atom. The lowest BCUT2D eigenvalue weighted by atomic mass is 9.89. The molecule has 4 nitrogen and oxygen atoms in total. The van der Waals surface area contributed by atoms with Crippen LogP contribution in [-0.2, 0) is 4.74 Å². The first-order valence-corrected chi connectivity index (χ1v) is 3.44. The van der Waals surface area contributed by atoms with Crippen molar-refractivity contribution in [2.75, 3.05) is 13.2 Å². The summed E-state index contributed by atoms with van der Waals surface area (Å²) in [5.74, 6) is 0. The van der Waals surface area contributed by atoms with E-state index in [4.69, 9.17) is 20.7 Å². The fraction of sp³-hybridized carbons (Fsp3) is 1.00. The monoisotopic (exact) mass is 165 g/mol. The van der Waals surface area contributed by atoms with Crippen LogP contribution in [0.5, 0.6) is 0 Å². The van der Waals surface area contributed by atoms with Gasteiger partial charge in [0.15, 0.2) is 6.29 Å². The van der Waals surface area contributed by atoms with Crippen LogP contribution in [0.4, 0.5) is 4.39 Å². The predicted octanol–water partition coefficient (Wildman–Crippen LogP) is -1.25.